The molecule has 3 aromatic heterocycles. The predicted molar refractivity (Wildman–Crippen MR) is 119 cm³/mol. The fourth-order valence-corrected chi connectivity index (χ4v) is 5.44. The van der Waals surface area contributed by atoms with Gasteiger partial charge in [-0.3, -0.25) is 4.90 Å². The first kappa shape index (κ1) is 22.6. The van der Waals surface area contributed by atoms with E-state index in [4.69, 9.17) is 4.98 Å². The number of fused-ring (bicyclic) bond motifs is 1. The Balaban J connectivity index is 1.45. The highest BCUT2D eigenvalue weighted by Crippen LogP contribution is 2.37. The zero-order valence-corrected chi connectivity index (χ0v) is 19.0. The van der Waals surface area contributed by atoms with Gasteiger partial charge >= 0.3 is 0 Å². The van der Waals surface area contributed by atoms with Gasteiger partial charge in [-0.25, -0.2) is 28.4 Å². The van der Waals surface area contributed by atoms with Crippen molar-refractivity contribution in [2.75, 3.05) is 6.54 Å². The Morgan fingerprint density at radius 2 is 2.06 bits per heavy atom. The van der Waals surface area contributed by atoms with Crippen LogP contribution in [0.25, 0.3) is 10.6 Å². The maximum Gasteiger partial charge on any atom is 0.212 e. The molecule has 0 aliphatic carbocycles. The molecule has 1 aliphatic rings. The van der Waals surface area contributed by atoms with E-state index in [9.17, 15) is 18.3 Å². The van der Waals surface area contributed by atoms with E-state index in [0.717, 1.165) is 33.3 Å². The maximum atomic E-state index is 14.9. The topological polar surface area (TPSA) is 80.0 Å². The van der Waals surface area contributed by atoms with Gasteiger partial charge in [0, 0.05) is 53.8 Å². The summed E-state index contributed by atoms with van der Waals surface area (Å²) in [6.45, 7) is 2.83. The molecule has 5 rings (SSSR count). The maximum absolute atomic E-state index is 14.9. The summed E-state index contributed by atoms with van der Waals surface area (Å²) in [6, 6.07) is 5.57. The number of rotatable bonds is 6. The summed E-state index contributed by atoms with van der Waals surface area (Å²) in [5.74, 6) is -2.09. The Kier molecular flexibility index (Phi) is 5.92. The number of aliphatic hydroxyl groups is 1. The predicted octanol–water partition coefficient (Wildman–Crippen LogP) is 3.55. The average molecular weight is 487 g/mol. The van der Waals surface area contributed by atoms with E-state index in [-0.39, 0.29) is 12.1 Å². The third-order valence-corrected chi connectivity index (χ3v) is 7.37. The minimum atomic E-state index is -1.71. The minimum Gasteiger partial charge on any atom is -0.381 e. The molecule has 4 heterocycles. The van der Waals surface area contributed by atoms with Crippen LogP contribution in [0.2, 0.25) is 0 Å². The van der Waals surface area contributed by atoms with Gasteiger partial charge in [0.25, 0.3) is 0 Å². The molecule has 176 valence electrons. The lowest BCUT2D eigenvalue weighted by molar-refractivity contribution is -0.0675. The number of benzene rings is 1. The van der Waals surface area contributed by atoms with Gasteiger partial charge in [-0.2, -0.15) is 9.49 Å². The van der Waals surface area contributed by atoms with Crippen LogP contribution in [0.15, 0.2) is 49.2 Å². The van der Waals surface area contributed by atoms with Crippen LogP contribution in [0.3, 0.4) is 0 Å². The van der Waals surface area contributed by atoms with Gasteiger partial charge in [-0.1, -0.05) is 6.07 Å². The fourth-order valence-electron chi connectivity index (χ4n) is 4.32. The van der Waals surface area contributed by atoms with Crippen molar-refractivity contribution in [2.24, 2.45) is 0 Å². The molecule has 0 radical (unpaired) electrons. The molecule has 2 atom stereocenters. The van der Waals surface area contributed by atoms with Crippen LogP contribution < -0.4 is 0 Å². The van der Waals surface area contributed by atoms with Crippen LogP contribution in [-0.4, -0.2) is 47.3 Å². The van der Waals surface area contributed by atoms with Crippen molar-refractivity contribution in [3.63, 3.8) is 0 Å². The third kappa shape index (κ3) is 4.22. The van der Waals surface area contributed by atoms with Crippen LogP contribution in [0.4, 0.5) is 13.2 Å². The summed E-state index contributed by atoms with van der Waals surface area (Å²) < 4.78 is 43.1. The van der Waals surface area contributed by atoms with Crippen LogP contribution in [0, 0.1) is 17.6 Å². The molecule has 1 N–H and O–H groups in total. The summed E-state index contributed by atoms with van der Waals surface area (Å²) in [5, 5.41) is 16.7. The monoisotopic (exact) mass is 486 g/mol. The van der Waals surface area contributed by atoms with Gasteiger partial charge in [0.2, 0.25) is 5.95 Å². The molecule has 0 saturated heterocycles. The largest absolute Gasteiger partial charge is 0.381 e. The molecule has 7 nitrogen and oxygen atoms in total. The lowest BCUT2D eigenvalue weighted by Gasteiger charge is -2.42. The highest BCUT2D eigenvalue weighted by atomic mass is 32.1. The Hall–Kier alpha value is -3.15. The molecule has 0 fully saturated rings. The molecule has 34 heavy (non-hydrogen) atoms. The van der Waals surface area contributed by atoms with Crippen molar-refractivity contribution >= 4 is 11.3 Å². The molecular formula is C23H21F3N6OS. The van der Waals surface area contributed by atoms with Crippen molar-refractivity contribution in [2.45, 2.75) is 38.1 Å². The van der Waals surface area contributed by atoms with E-state index in [1.165, 1.54) is 47.0 Å². The normalized spacial score (nSPS) is 16.7. The Morgan fingerprint density at radius 1 is 1.21 bits per heavy atom. The number of halogens is 3. The quantitative estimate of drug-likeness (QED) is 0.420. The number of hydrogen-bond acceptors (Lipinski definition) is 7. The van der Waals surface area contributed by atoms with Crippen LogP contribution >= 0.6 is 11.3 Å². The van der Waals surface area contributed by atoms with E-state index in [1.807, 2.05) is 11.8 Å². The first-order chi connectivity index (χ1) is 16.3. The van der Waals surface area contributed by atoms with E-state index in [0.29, 0.717) is 19.5 Å². The number of nitrogens with zero attached hydrogens (tertiary/aromatic N) is 6. The molecular weight excluding hydrogens is 465 g/mol. The van der Waals surface area contributed by atoms with Crippen molar-refractivity contribution in [1.29, 1.82) is 0 Å². The smallest absolute Gasteiger partial charge is 0.212 e. The average Bonchev–Trinajstić information content (AvgIpc) is 3.48. The third-order valence-electron chi connectivity index (χ3n) is 6.24. The second-order valence-electron chi connectivity index (χ2n) is 8.30. The van der Waals surface area contributed by atoms with Gasteiger partial charge in [0.15, 0.2) is 0 Å². The van der Waals surface area contributed by atoms with Crippen molar-refractivity contribution < 1.29 is 18.3 Å². The van der Waals surface area contributed by atoms with E-state index in [2.05, 4.69) is 15.1 Å². The minimum absolute atomic E-state index is 0.00919. The second-order valence-corrected chi connectivity index (χ2v) is 9.38. The molecule has 0 spiro atoms. The van der Waals surface area contributed by atoms with Crippen molar-refractivity contribution in [1.82, 2.24) is 29.6 Å². The summed E-state index contributed by atoms with van der Waals surface area (Å²) in [6.07, 6.45) is 4.87. The number of thiazole rings is 1. The van der Waals surface area contributed by atoms with Gasteiger partial charge in [-0.15, -0.1) is 11.3 Å². The summed E-state index contributed by atoms with van der Waals surface area (Å²) in [4.78, 5) is 15.4. The molecule has 1 aromatic carbocycles. The van der Waals surface area contributed by atoms with E-state index in [1.54, 1.807) is 6.07 Å². The summed E-state index contributed by atoms with van der Waals surface area (Å²) in [7, 11) is 0. The van der Waals surface area contributed by atoms with E-state index >= 15 is 0 Å². The SMILES string of the molecule is C[C@@H](N1CCc2nc(-c3ccc(F)nc3)sc2C1)[C@](O)(Cn1cncn1)c1ccc(F)cc1F. The van der Waals surface area contributed by atoms with Crippen LogP contribution in [0.5, 0.6) is 0 Å². The number of aromatic nitrogens is 5. The number of pyridine rings is 1. The molecule has 1 aliphatic heterocycles. The Labute approximate surface area is 197 Å². The second kappa shape index (κ2) is 8.90. The van der Waals surface area contributed by atoms with E-state index < -0.39 is 29.2 Å². The molecule has 0 unspecified atom stereocenters. The molecule has 0 bridgehead atoms. The van der Waals surface area contributed by atoms with Crippen molar-refractivity contribution in [3.8, 4) is 10.6 Å². The standard InChI is InChI=1S/C23H21F3N6OS/c1-14(23(33,11-32-13-27-12-29-32)17-4-3-16(24)8-18(17)25)31-7-6-19-20(10-31)34-22(30-19)15-2-5-21(26)28-9-15/h2-5,8-9,12-14,33H,6-7,10-11H2,1H3/t14-,23-/m1/s1. The highest BCUT2D eigenvalue weighted by Gasteiger charge is 2.43. The molecule has 4 aromatic rings. The Morgan fingerprint density at radius 3 is 2.76 bits per heavy atom. The zero-order valence-electron chi connectivity index (χ0n) is 18.2. The zero-order chi connectivity index (χ0) is 23.9. The lowest BCUT2D eigenvalue weighted by Crippen LogP contribution is -2.53. The van der Waals surface area contributed by atoms with Crippen LogP contribution in [0.1, 0.15) is 23.1 Å². The fraction of sp³-hybridized carbons (Fsp3) is 0.304. The summed E-state index contributed by atoms with van der Waals surface area (Å²) in [5.41, 5.74) is -0.0423. The highest BCUT2D eigenvalue weighted by molar-refractivity contribution is 7.15. The molecule has 0 amide bonds. The van der Waals surface area contributed by atoms with Gasteiger partial charge in [0.05, 0.1) is 12.2 Å². The van der Waals surface area contributed by atoms with Crippen LogP contribution in [-0.2, 0) is 25.1 Å². The Bertz CT molecular complexity index is 1300. The van der Waals surface area contributed by atoms with Gasteiger partial charge < -0.3 is 5.11 Å². The lowest BCUT2D eigenvalue weighted by atomic mass is 9.85. The first-order valence-corrected chi connectivity index (χ1v) is 11.5. The summed E-state index contributed by atoms with van der Waals surface area (Å²) >= 11 is 1.48. The molecule has 11 heteroatoms. The van der Waals surface area contributed by atoms with Gasteiger partial charge in [0.1, 0.15) is 34.9 Å². The molecule has 0 saturated carbocycles. The number of hydrogen-bond donors (Lipinski definition) is 1. The van der Waals surface area contributed by atoms with Gasteiger partial charge in [-0.05, 0) is 25.1 Å². The van der Waals surface area contributed by atoms with Crippen molar-refractivity contribution in [3.05, 3.63) is 82.9 Å². The first-order valence-electron chi connectivity index (χ1n) is 10.7.